The van der Waals surface area contributed by atoms with E-state index < -0.39 is 0 Å². The highest BCUT2D eigenvalue weighted by Crippen LogP contribution is 2.40. The molecule has 1 aliphatic heterocycles. The molecule has 1 aromatic heterocycles. The number of rotatable bonds is 6. The predicted octanol–water partition coefficient (Wildman–Crippen LogP) is 4.77. The minimum atomic E-state index is 0.135. The van der Waals surface area contributed by atoms with E-state index in [1.807, 2.05) is 36.5 Å². The summed E-state index contributed by atoms with van der Waals surface area (Å²) < 4.78 is 11.9. The number of nitrogens with zero attached hydrogens (tertiary/aromatic N) is 1. The van der Waals surface area contributed by atoms with Crippen molar-refractivity contribution in [1.82, 2.24) is 4.98 Å². The van der Waals surface area contributed by atoms with Crippen LogP contribution in [0.25, 0.3) is 0 Å². The number of fused-ring (bicyclic) bond motifs is 1. The van der Waals surface area contributed by atoms with E-state index in [-0.39, 0.29) is 6.10 Å². The molecule has 2 heterocycles. The third-order valence-electron chi connectivity index (χ3n) is 3.92. The van der Waals surface area contributed by atoms with Crippen LogP contribution in [0.15, 0.2) is 36.5 Å². The predicted molar refractivity (Wildman–Crippen MR) is 87.0 cm³/mol. The molecule has 1 atom stereocenters. The maximum atomic E-state index is 6.06. The molecule has 2 aromatic rings. The van der Waals surface area contributed by atoms with Gasteiger partial charge in [0.15, 0.2) is 0 Å². The van der Waals surface area contributed by atoms with E-state index in [0.29, 0.717) is 19.1 Å². The summed E-state index contributed by atoms with van der Waals surface area (Å²) in [6.45, 7) is 3.26. The van der Waals surface area contributed by atoms with Crippen LogP contribution in [0, 0.1) is 0 Å². The molecule has 0 fully saturated rings. The van der Waals surface area contributed by atoms with Gasteiger partial charge in [-0.3, -0.25) is 4.98 Å². The summed E-state index contributed by atoms with van der Waals surface area (Å²) >= 11 is 6.03. The zero-order chi connectivity index (χ0) is 15.4. The van der Waals surface area contributed by atoms with Crippen LogP contribution in [0.5, 0.6) is 5.75 Å². The zero-order valence-electron chi connectivity index (χ0n) is 12.7. The van der Waals surface area contributed by atoms with E-state index in [4.69, 9.17) is 21.1 Å². The van der Waals surface area contributed by atoms with E-state index in [1.54, 1.807) is 0 Å². The molecule has 1 aromatic carbocycles. The molecule has 0 radical (unpaired) electrons. The van der Waals surface area contributed by atoms with Gasteiger partial charge < -0.3 is 9.47 Å². The first-order valence-electron chi connectivity index (χ1n) is 7.68. The number of ether oxygens (including phenoxy) is 2. The largest absolute Gasteiger partial charge is 0.487 e. The highest BCUT2D eigenvalue weighted by Gasteiger charge is 2.28. The lowest BCUT2D eigenvalue weighted by molar-refractivity contribution is 0.0589. The van der Waals surface area contributed by atoms with Crippen LogP contribution in [0.1, 0.15) is 48.3 Å². The third-order valence-corrected chi connectivity index (χ3v) is 4.18. The molecule has 0 bridgehead atoms. The lowest BCUT2D eigenvalue weighted by Gasteiger charge is -2.14. The SMILES string of the molecule is CCCC1OCc2c1cnc(CCl)c2OCc1ccccc1. The fourth-order valence-corrected chi connectivity index (χ4v) is 2.98. The van der Waals surface area contributed by atoms with Crippen molar-refractivity contribution >= 4 is 11.6 Å². The van der Waals surface area contributed by atoms with Gasteiger partial charge in [0.05, 0.1) is 24.3 Å². The van der Waals surface area contributed by atoms with Crippen LogP contribution in [-0.2, 0) is 23.8 Å². The van der Waals surface area contributed by atoms with Crippen molar-refractivity contribution in [3.05, 3.63) is 58.9 Å². The van der Waals surface area contributed by atoms with Crippen molar-refractivity contribution in [3.8, 4) is 5.75 Å². The van der Waals surface area contributed by atoms with Gasteiger partial charge in [0.2, 0.25) is 0 Å². The molecule has 0 saturated carbocycles. The average Bonchev–Trinajstić information content (AvgIpc) is 2.97. The van der Waals surface area contributed by atoms with Crippen molar-refractivity contribution < 1.29 is 9.47 Å². The molecule has 3 rings (SSSR count). The summed E-state index contributed by atoms with van der Waals surface area (Å²) in [6, 6.07) is 10.1. The summed E-state index contributed by atoms with van der Waals surface area (Å²) in [5.41, 5.74) is 4.18. The van der Waals surface area contributed by atoms with Crippen LogP contribution in [-0.4, -0.2) is 4.98 Å². The summed E-state index contributed by atoms with van der Waals surface area (Å²) in [5, 5.41) is 0. The number of hydrogen-bond acceptors (Lipinski definition) is 3. The Hall–Kier alpha value is -1.58. The van der Waals surface area contributed by atoms with Crippen LogP contribution < -0.4 is 4.74 Å². The van der Waals surface area contributed by atoms with E-state index in [9.17, 15) is 0 Å². The Morgan fingerprint density at radius 3 is 2.86 bits per heavy atom. The van der Waals surface area contributed by atoms with Gasteiger partial charge in [-0.2, -0.15) is 0 Å². The fourth-order valence-electron chi connectivity index (χ4n) is 2.79. The van der Waals surface area contributed by atoms with Gasteiger partial charge in [-0.05, 0) is 12.0 Å². The second-order valence-corrected chi connectivity index (χ2v) is 5.73. The number of benzene rings is 1. The summed E-state index contributed by atoms with van der Waals surface area (Å²) in [4.78, 5) is 4.48. The molecule has 4 heteroatoms. The summed E-state index contributed by atoms with van der Waals surface area (Å²) in [7, 11) is 0. The summed E-state index contributed by atoms with van der Waals surface area (Å²) in [5.74, 6) is 1.14. The van der Waals surface area contributed by atoms with Crippen molar-refractivity contribution in [2.45, 2.75) is 45.0 Å². The van der Waals surface area contributed by atoms with E-state index in [1.165, 1.54) is 0 Å². The standard InChI is InChI=1S/C18H20ClNO2/c1-2-6-17-14-10-20-16(9-19)18(15(14)12-21-17)22-11-13-7-4-3-5-8-13/h3-5,7-8,10,17H,2,6,9,11-12H2,1H3. The first-order chi connectivity index (χ1) is 10.8. The molecule has 22 heavy (non-hydrogen) atoms. The van der Waals surface area contributed by atoms with Crippen molar-refractivity contribution in [1.29, 1.82) is 0 Å². The number of pyridine rings is 1. The maximum Gasteiger partial charge on any atom is 0.148 e. The molecule has 116 valence electrons. The Labute approximate surface area is 136 Å². The molecule has 0 aliphatic carbocycles. The molecular formula is C18H20ClNO2. The van der Waals surface area contributed by atoms with Gasteiger partial charge in [0.1, 0.15) is 12.4 Å². The van der Waals surface area contributed by atoms with Crippen molar-refractivity contribution in [3.63, 3.8) is 0 Å². The number of aromatic nitrogens is 1. The molecular weight excluding hydrogens is 298 g/mol. The van der Waals surface area contributed by atoms with Gasteiger partial charge >= 0.3 is 0 Å². The maximum absolute atomic E-state index is 6.06. The minimum Gasteiger partial charge on any atom is -0.487 e. The second-order valence-electron chi connectivity index (χ2n) is 5.46. The van der Waals surface area contributed by atoms with Crippen LogP contribution in [0.4, 0.5) is 0 Å². The summed E-state index contributed by atoms with van der Waals surface area (Å²) in [6.07, 6.45) is 4.13. The van der Waals surface area contributed by atoms with Crippen molar-refractivity contribution in [2.75, 3.05) is 0 Å². The van der Waals surface area contributed by atoms with Gasteiger partial charge in [-0.15, -0.1) is 11.6 Å². The van der Waals surface area contributed by atoms with E-state index in [2.05, 4.69) is 11.9 Å². The van der Waals surface area contributed by atoms with Crippen LogP contribution >= 0.6 is 11.6 Å². The molecule has 0 N–H and O–H groups in total. The third kappa shape index (κ3) is 3.11. The van der Waals surface area contributed by atoms with E-state index >= 15 is 0 Å². The zero-order valence-corrected chi connectivity index (χ0v) is 13.5. The number of hydrogen-bond donors (Lipinski definition) is 0. The highest BCUT2D eigenvalue weighted by molar-refractivity contribution is 6.17. The van der Waals surface area contributed by atoms with Crippen molar-refractivity contribution in [2.24, 2.45) is 0 Å². The first kappa shape index (κ1) is 15.3. The Morgan fingerprint density at radius 2 is 2.14 bits per heavy atom. The molecule has 1 aliphatic rings. The molecule has 1 unspecified atom stereocenters. The Morgan fingerprint density at radius 1 is 1.32 bits per heavy atom. The van der Waals surface area contributed by atoms with Crippen LogP contribution in [0.3, 0.4) is 0 Å². The molecule has 3 nitrogen and oxygen atoms in total. The Bertz CT molecular complexity index is 630. The molecule has 0 saturated heterocycles. The fraction of sp³-hybridized carbons (Fsp3) is 0.389. The van der Waals surface area contributed by atoms with Crippen LogP contribution in [0.2, 0.25) is 0 Å². The van der Waals surface area contributed by atoms with E-state index in [0.717, 1.165) is 41.0 Å². The highest BCUT2D eigenvalue weighted by atomic mass is 35.5. The topological polar surface area (TPSA) is 31.4 Å². The monoisotopic (exact) mass is 317 g/mol. The number of alkyl halides is 1. The van der Waals surface area contributed by atoms with Gasteiger partial charge in [-0.1, -0.05) is 43.7 Å². The number of halogens is 1. The lowest BCUT2D eigenvalue weighted by atomic mass is 10.0. The normalized spacial score (nSPS) is 16.5. The minimum absolute atomic E-state index is 0.135. The molecule has 0 amide bonds. The quantitative estimate of drug-likeness (QED) is 0.719. The van der Waals surface area contributed by atoms with Gasteiger partial charge in [-0.25, -0.2) is 0 Å². The van der Waals surface area contributed by atoms with Gasteiger partial charge in [0, 0.05) is 17.3 Å². The second kappa shape index (κ2) is 7.12. The average molecular weight is 318 g/mol. The Kier molecular flexibility index (Phi) is 4.96. The smallest absolute Gasteiger partial charge is 0.148 e. The Balaban J connectivity index is 1.86. The first-order valence-corrected chi connectivity index (χ1v) is 8.21. The molecule has 0 spiro atoms. The lowest BCUT2D eigenvalue weighted by Crippen LogP contribution is -2.04. The van der Waals surface area contributed by atoms with Gasteiger partial charge in [0.25, 0.3) is 0 Å².